The quantitative estimate of drug-likeness (QED) is 0.589. The molecule has 0 amide bonds. The second-order valence-corrected chi connectivity index (χ2v) is 8.80. The third-order valence-corrected chi connectivity index (χ3v) is 6.60. The Morgan fingerprint density at radius 2 is 1.64 bits per heavy atom. The number of nitrogen functional groups attached to an aromatic ring is 1. The van der Waals surface area contributed by atoms with Gasteiger partial charge in [-0.05, 0) is 12.3 Å². The average molecular weight is 408 g/mol. The van der Waals surface area contributed by atoms with Crippen LogP contribution in [0.2, 0.25) is 0 Å². The van der Waals surface area contributed by atoms with E-state index in [9.17, 15) is 14.9 Å². The number of nitro groups is 1. The second kappa shape index (κ2) is 9.95. The van der Waals surface area contributed by atoms with Crippen LogP contribution in [0.25, 0.3) is 4.96 Å². The van der Waals surface area contributed by atoms with Gasteiger partial charge in [0.05, 0.1) is 4.92 Å². The van der Waals surface area contributed by atoms with Gasteiger partial charge in [-0.1, -0.05) is 82.0 Å². The molecule has 0 atom stereocenters. The molecule has 9 heteroatoms. The highest BCUT2D eigenvalue weighted by Gasteiger charge is 2.23. The molecule has 1 fully saturated rings. The van der Waals surface area contributed by atoms with Crippen LogP contribution in [0.3, 0.4) is 0 Å². The number of nitrogens with zero attached hydrogens (tertiary/aromatic N) is 4. The molecule has 28 heavy (non-hydrogen) atoms. The second-order valence-electron chi connectivity index (χ2n) is 7.76. The van der Waals surface area contributed by atoms with Crippen molar-refractivity contribution in [1.82, 2.24) is 14.6 Å². The summed E-state index contributed by atoms with van der Waals surface area (Å²) in [6, 6.07) is 0. The van der Waals surface area contributed by atoms with E-state index in [4.69, 9.17) is 5.73 Å². The summed E-state index contributed by atoms with van der Waals surface area (Å²) in [5.41, 5.74) is 4.08. The molecule has 2 N–H and O–H groups in total. The zero-order chi connectivity index (χ0) is 19.9. The Kier molecular flexibility index (Phi) is 7.36. The summed E-state index contributed by atoms with van der Waals surface area (Å²) in [6.07, 6.45) is 16.3. The molecule has 2 heterocycles. The van der Waals surface area contributed by atoms with Gasteiger partial charge in [-0.25, -0.2) is 0 Å². The van der Waals surface area contributed by atoms with E-state index in [-0.39, 0.29) is 5.82 Å². The van der Waals surface area contributed by atoms with Gasteiger partial charge >= 0.3 is 11.2 Å². The van der Waals surface area contributed by atoms with E-state index in [1.165, 1.54) is 82.0 Å². The maximum atomic E-state index is 12.3. The molecule has 1 aliphatic carbocycles. The fourth-order valence-corrected chi connectivity index (χ4v) is 4.94. The predicted octanol–water partition coefficient (Wildman–Crippen LogP) is 4.49. The van der Waals surface area contributed by atoms with Crippen molar-refractivity contribution in [3.8, 4) is 0 Å². The average Bonchev–Trinajstić information content (AvgIpc) is 3.04. The van der Waals surface area contributed by atoms with Crippen LogP contribution in [0.15, 0.2) is 4.79 Å². The first-order valence-corrected chi connectivity index (χ1v) is 11.2. The minimum absolute atomic E-state index is 0.321. The summed E-state index contributed by atoms with van der Waals surface area (Å²) in [7, 11) is 0. The van der Waals surface area contributed by atoms with E-state index in [1.807, 2.05) is 0 Å². The molecule has 0 unspecified atom stereocenters. The van der Waals surface area contributed by atoms with Crippen molar-refractivity contribution in [3.63, 3.8) is 0 Å². The molecular weight excluding hydrogens is 378 g/mol. The van der Waals surface area contributed by atoms with Crippen LogP contribution in [0, 0.1) is 16.0 Å². The van der Waals surface area contributed by atoms with E-state index in [1.54, 1.807) is 0 Å². The van der Waals surface area contributed by atoms with E-state index in [0.29, 0.717) is 10.9 Å². The lowest BCUT2D eigenvalue weighted by Gasteiger charge is -2.17. The third kappa shape index (κ3) is 5.27. The van der Waals surface area contributed by atoms with E-state index < -0.39 is 16.2 Å². The molecule has 1 aliphatic rings. The number of rotatable bonds is 4. The van der Waals surface area contributed by atoms with Gasteiger partial charge in [-0.15, -0.1) is 0 Å². The molecule has 0 aliphatic heterocycles. The van der Waals surface area contributed by atoms with Crippen molar-refractivity contribution in [2.75, 3.05) is 5.73 Å². The number of aryl methyl sites for hydroxylation is 1. The summed E-state index contributed by atoms with van der Waals surface area (Å²) in [5, 5.41) is 16.1. The summed E-state index contributed by atoms with van der Waals surface area (Å²) in [6.45, 7) is 0. The molecule has 2 aromatic heterocycles. The SMILES string of the molecule is Nc1nc2sc(CCC3CCCCCCCCCCC3)nn2c(=O)c1[N+](=O)[O-]. The third-order valence-electron chi connectivity index (χ3n) is 5.63. The van der Waals surface area contributed by atoms with Gasteiger partial charge < -0.3 is 5.73 Å². The van der Waals surface area contributed by atoms with Gasteiger partial charge in [0.2, 0.25) is 10.8 Å². The Balaban J connectivity index is 1.66. The molecule has 0 saturated heterocycles. The predicted molar refractivity (Wildman–Crippen MR) is 111 cm³/mol. The van der Waals surface area contributed by atoms with Gasteiger partial charge in [0, 0.05) is 6.42 Å². The van der Waals surface area contributed by atoms with Crippen LogP contribution in [-0.4, -0.2) is 19.5 Å². The summed E-state index contributed by atoms with van der Waals surface area (Å²) in [4.78, 5) is 26.8. The summed E-state index contributed by atoms with van der Waals surface area (Å²) in [5.74, 6) is 0.333. The van der Waals surface area contributed by atoms with Gasteiger partial charge in [-0.2, -0.15) is 14.6 Å². The molecule has 154 valence electrons. The monoisotopic (exact) mass is 407 g/mol. The van der Waals surface area contributed by atoms with Gasteiger partial charge in [0.25, 0.3) is 0 Å². The van der Waals surface area contributed by atoms with Crippen molar-refractivity contribution in [2.24, 2.45) is 5.92 Å². The highest BCUT2D eigenvalue weighted by molar-refractivity contribution is 7.16. The Bertz CT molecular complexity index is 851. The van der Waals surface area contributed by atoms with Crippen LogP contribution >= 0.6 is 11.3 Å². The molecule has 0 radical (unpaired) electrons. The molecule has 0 bridgehead atoms. The number of anilines is 1. The van der Waals surface area contributed by atoms with Crippen molar-refractivity contribution in [3.05, 3.63) is 25.5 Å². The lowest BCUT2D eigenvalue weighted by molar-refractivity contribution is -0.385. The highest BCUT2D eigenvalue weighted by atomic mass is 32.1. The van der Waals surface area contributed by atoms with Gasteiger partial charge in [0.1, 0.15) is 5.01 Å². The molecule has 1 saturated carbocycles. The van der Waals surface area contributed by atoms with Crippen LogP contribution in [-0.2, 0) is 6.42 Å². The minimum atomic E-state index is -0.805. The smallest absolute Gasteiger partial charge is 0.377 e. The summed E-state index contributed by atoms with van der Waals surface area (Å²) >= 11 is 1.30. The first kappa shape index (κ1) is 20.7. The highest BCUT2D eigenvalue weighted by Crippen LogP contribution is 2.26. The lowest BCUT2D eigenvalue weighted by Crippen LogP contribution is -2.20. The largest absolute Gasteiger partial charge is 0.378 e. The van der Waals surface area contributed by atoms with Crippen molar-refractivity contribution in [2.45, 2.75) is 83.5 Å². The van der Waals surface area contributed by atoms with Crippen LogP contribution < -0.4 is 11.3 Å². The zero-order valence-corrected chi connectivity index (χ0v) is 17.1. The van der Waals surface area contributed by atoms with Gasteiger partial charge in [-0.3, -0.25) is 14.9 Å². The van der Waals surface area contributed by atoms with Crippen LogP contribution in [0.1, 0.15) is 82.1 Å². The normalized spacial score (nSPS) is 17.9. The standard InChI is InChI=1S/C19H29N5O3S/c20-17-16(24(26)27)18(25)23-19(21-17)28-15(22-23)13-12-14-10-8-6-4-2-1-3-5-7-9-11-14/h14H,1-13,20H2. The molecule has 2 aromatic rings. The number of fused-ring (bicyclic) bond motifs is 1. The lowest BCUT2D eigenvalue weighted by atomic mass is 9.90. The summed E-state index contributed by atoms with van der Waals surface area (Å²) < 4.78 is 1.02. The molecule has 0 spiro atoms. The van der Waals surface area contributed by atoms with E-state index >= 15 is 0 Å². The Morgan fingerprint density at radius 1 is 1.07 bits per heavy atom. The Morgan fingerprint density at radius 3 is 2.21 bits per heavy atom. The topological polar surface area (TPSA) is 116 Å². The molecule has 0 aromatic carbocycles. The van der Waals surface area contributed by atoms with Crippen LogP contribution in [0.4, 0.5) is 11.5 Å². The van der Waals surface area contributed by atoms with E-state index in [2.05, 4.69) is 10.1 Å². The van der Waals surface area contributed by atoms with Crippen LogP contribution in [0.5, 0.6) is 0 Å². The van der Waals surface area contributed by atoms with Gasteiger partial charge in [0.15, 0.2) is 0 Å². The van der Waals surface area contributed by atoms with E-state index in [0.717, 1.165) is 22.4 Å². The molecule has 3 rings (SSSR count). The van der Waals surface area contributed by atoms with Crippen molar-refractivity contribution >= 4 is 27.8 Å². The maximum Gasteiger partial charge on any atom is 0.377 e. The number of hydrogen-bond acceptors (Lipinski definition) is 7. The Labute approximate surface area is 168 Å². The van der Waals surface area contributed by atoms with Crippen molar-refractivity contribution in [1.29, 1.82) is 0 Å². The fraction of sp³-hybridized carbons (Fsp3) is 0.737. The fourth-order valence-electron chi connectivity index (χ4n) is 4.03. The number of aromatic nitrogens is 3. The first-order chi connectivity index (χ1) is 13.6. The molecular formula is C19H29N5O3S. The number of hydrogen-bond donors (Lipinski definition) is 1. The van der Waals surface area contributed by atoms with Crippen molar-refractivity contribution < 1.29 is 4.92 Å². The zero-order valence-electron chi connectivity index (χ0n) is 16.3. The Hall–Kier alpha value is -2.03. The minimum Gasteiger partial charge on any atom is -0.378 e. The number of nitrogens with two attached hydrogens (primary N) is 1. The molecule has 8 nitrogen and oxygen atoms in total. The maximum absolute atomic E-state index is 12.3. The first-order valence-electron chi connectivity index (χ1n) is 10.4.